The second-order valence-electron chi connectivity index (χ2n) is 4.98. The molecule has 1 heterocycles. The molecule has 0 aromatic heterocycles. The molecule has 0 saturated heterocycles. The van der Waals surface area contributed by atoms with Crippen LogP contribution in [0.15, 0.2) is 18.2 Å². The molecule has 2 aliphatic rings. The highest BCUT2D eigenvalue weighted by molar-refractivity contribution is 5.46. The molecule has 0 unspecified atom stereocenters. The Kier molecular flexibility index (Phi) is 2.40. The molecule has 86 valence electrons. The highest BCUT2D eigenvalue weighted by Crippen LogP contribution is 2.44. The molecule has 1 aliphatic heterocycles. The van der Waals surface area contributed by atoms with Gasteiger partial charge in [-0.25, -0.2) is 0 Å². The van der Waals surface area contributed by atoms with Crippen molar-refractivity contribution < 1.29 is 9.84 Å². The van der Waals surface area contributed by atoms with Crippen LogP contribution in [-0.2, 0) is 12.0 Å². The van der Waals surface area contributed by atoms with Gasteiger partial charge in [0.2, 0.25) is 0 Å². The maximum absolute atomic E-state index is 10.6. The molecule has 16 heavy (non-hydrogen) atoms. The molecule has 1 aromatic rings. The van der Waals surface area contributed by atoms with E-state index in [9.17, 15) is 5.11 Å². The van der Waals surface area contributed by atoms with Crippen molar-refractivity contribution in [2.45, 2.75) is 44.1 Å². The lowest BCUT2D eigenvalue weighted by Gasteiger charge is -2.28. The minimum Gasteiger partial charge on any atom is -0.493 e. The second kappa shape index (κ2) is 3.77. The first-order chi connectivity index (χ1) is 7.80. The van der Waals surface area contributed by atoms with Crippen molar-refractivity contribution in [2.75, 3.05) is 6.61 Å². The van der Waals surface area contributed by atoms with Crippen molar-refractivity contribution in [1.82, 2.24) is 0 Å². The van der Waals surface area contributed by atoms with Crippen molar-refractivity contribution >= 4 is 0 Å². The lowest BCUT2D eigenvalue weighted by Crippen LogP contribution is -2.24. The van der Waals surface area contributed by atoms with Crippen LogP contribution < -0.4 is 4.74 Å². The zero-order valence-electron chi connectivity index (χ0n) is 9.54. The summed E-state index contributed by atoms with van der Waals surface area (Å²) < 4.78 is 5.77. The lowest BCUT2D eigenvalue weighted by molar-refractivity contribution is 0.0406. The molecular formula is C14H18O2. The van der Waals surface area contributed by atoms with Crippen molar-refractivity contribution in [1.29, 1.82) is 0 Å². The van der Waals surface area contributed by atoms with E-state index in [0.717, 1.165) is 56.4 Å². The van der Waals surface area contributed by atoms with Gasteiger partial charge in [-0.1, -0.05) is 31.0 Å². The van der Waals surface area contributed by atoms with Gasteiger partial charge in [0, 0.05) is 5.56 Å². The third-order valence-electron chi connectivity index (χ3n) is 3.87. The smallest absolute Gasteiger partial charge is 0.128 e. The monoisotopic (exact) mass is 218 g/mol. The fourth-order valence-corrected chi connectivity index (χ4v) is 2.98. The Morgan fingerprint density at radius 2 is 1.94 bits per heavy atom. The van der Waals surface area contributed by atoms with Crippen LogP contribution in [0, 0.1) is 0 Å². The van der Waals surface area contributed by atoms with E-state index < -0.39 is 5.60 Å². The topological polar surface area (TPSA) is 29.5 Å². The molecule has 2 nitrogen and oxygen atoms in total. The van der Waals surface area contributed by atoms with E-state index in [2.05, 4.69) is 12.1 Å². The molecule has 1 aliphatic carbocycles. The lowest BCUT2D eigenvalue weighted by atomic mass is 9.88. The highest BCUT2D eigenvalue weighted by Gasteiger charge is 2.36. The molecule has 1 aromatic carbocycles. The molecule has 2 heteroatoms. The Bertz CT molecular complexity index is 392. The van der Waals surface area contributed by atoms with Gasteiger partial charge in [0.05, 0.1) is 12.2 Å². The summed E-state index contributed by atoms with van der Waals surface area (Å²) in [5.41, 5.74) is 1.68. The summed E-state index contributed by atoms with van der Waals surface area (Å²) in [4.78, 5) is 0. The molecule has 0 bridgehead atoms. The molecule has 0 radical (unpaired) electrons. The molecule has 1 saturated carbocycles. The van der Waals surface area contributed by atoms with Crippen LogP contribution in [0.25, 0.3) is 0 Å². The van der Waals surface area contributed by atoms with E-state index in [-0.39, 0.29) is 0 Å². The van der Waals surface area contributed by atoms with Gasteiger partial charge in [-0.05, 0) is 31.2 Å². The summed E-state index contributed by atoms with van der Waals surface area (Å²) in [6.45, 7) is 0.792. The number of fused-ring (bicyclic) bond motifs is 1. The largest absolute Gasteiger partial charge is 0.493 e. The van der Waals surface area contributed by atoms with Gasteiger partial charge >= 0.3 is 0 Å². The predicted molar refractivity (Wildman–Crippen MR) is 62.6 cm³/mol. The van der Waals surface area contributed by atoms with Crippen LogP contribution in [0.4, 0.5) is 0 Å². The molecule has 1 fully saturated rings. The van der Waals surface area contributed by atoms with Gasteiger partial charge < -0.3 is 9.84 Å². The summed E-state index contributed by atoms with van der Waals surface area (Å²) in [6.07, 6.45) is 6.19. The Balaban J connectivity index is 2.06. The van der Waals surface area contributed by atoms with Gasteiger partial charge in [-0.2, -0.15) is 0 Å². The van der Waals surface area contributed by atoms with Gasteiger partial charge in [-0.3, -0.25) is 0 Å². The predicted octanol–water partition coefficient (Wildman–Crippen LogP) is 2.77. The van der Waals surface area contributed by atoms with E-state index >= 15 is 0 Å². The number of hydrogen-bond donors (Lipinski definition) is 1. The van der Waals surface area contributed by atoms with Crippen molar-refractivity contribution in [3.63, 3.8) is 0 Å². The van der Waals surface area contributed by atoms with Crippen LogP contribution in [0.5, 0.6) is 5.75 Å². The fourth-order valence-electron chi connectivity index (χ4n) is 2.98. The van der Waals surface area contributed by atoms with Crippen LogP contribution in [0.3, 0.4) is 0 Å². The third kappa shape index (κ3) is 1.52. The Morgan fingerprint density at radius 1 is 1.12 bits per heavy atom. The normalized spacial score (nSPS) is 22.6. The number of aliphatic hydroxyl groups is 1. The molecule has 1 N–H and O–H groups in total. The summed E-state index contributed by atoms with van der Waals surface area (Å²) in [5.74, 6) is 0.971. The Morgan fingerprint density at radius 3 is 2.75 bits per heavy atom. The van der Waals surface area contributed by atoms with E-state index in [1.165, 1.54) is 5.56 Å². The summed E-state index contributed by atoms with van der Waals surface area (Å²) >= 11 is 0. The average Bonchev–Trinajstić information content (AvgIpc) is 2.77. The average molecular weight is 218 g/mol. The molecule has 0 spiro atoms. The summed E-state index contributed by atoms with van der Waals surface area (Å²) in [6, 6.07) is 6.21. The SMILES string of the molecule is OC1(c2cccc3c2OCCC3)CCCC1. The molecular weight excluding hydrogens is 200 g/mol. The van der Waals surface area contributed by atoms with Crippen molar-refractivity contribution in [3.8, 4) is 5.75 Å². The van der Waals surface area contributed by atoms with E-state index in [1.807, 2.05) is 6.07 Å². The molecule has 3 rings (SSSR count). The quantitative estimate of drug-likeness (QED) is 0.785. The number of aryl methyl sites for hydroxylation is 1. The van der Waals surface area contributed by atoms with Crippen molar-refractivity contribution in [3.05, 3.63) is 29.3 Å². The zero-order valence-corrected chi connectivity index (χ0v) is 9.54. The highest BCUT2D eigenvalue weighted by atomic mass is 16.5. The van der Waals surface area contributed by atoms with Crippen LogP contribution in [0.2, 0.25) is 0 Å². The van der Waals surface area contributed by atoms with Gasteiger partial charge in [0.15, 0.2) is 0 Å². The Hall–Kier alpha value is -1.02. The van der Waals surface area contributed by atoms with Crippen LogP contribution >= 0.6 is 0 Å². The number of ether oxygens (including phenoxy) is 1. The number of rotatable bonds is 1. The molecule has 0 atom stereocenters. The number of hydrogen-bond acceptors (Lipinski definition) is 2. The minimum atomic E-state index is -0.622. The maximum Gasteiger partial charge on any atom is 0.128 e. The third-order valence-corrected chi connectivity index (χ3v) is 3.87. The zero-order chi connectivity index (χ0) is 11.0. The maximum atomic E-state index is 10.6. The van der Waals surface area contributed by atoms with E-state index in [1.54, 1.807) is 0 Å². The summed E-state index contributed by atoms with van der Waals surface area (Å²) in [7, 11) is 0. The first-order valence-electron chi connectivity index (χ1n) is 6.27. The standard InChI is InChI=1S/C14H18O2/c15-14(8-1-2-9-14)12-7-3-5-11-6-4-10-16-13(11)12/h3,5,7,15H,1-2,4,6,8-10H2. The van der Waals surface area contributed by atoms with E-state index in [4.69, 9.17) is 4.74 Å². The van der Waals surface area contributed by atoms with Gasteiger partial charge in [-0.15, -0.1) is 0 Å². The first kappa shape index (κ1) is 10.2. The number of benzene rings is 1. The van der Waals surface area contributed by atoms with Crippen LogP contribution in [-0.4, -0.2) is 11.7 Å². The fraction of sp³-hybridized carbons (Fsp3) is 0.571. The summed E-state index contributed by atoms with van der Waals surface area (Å²) in [5, 5.41) is 10.6. The van der Waals surface area contributed by atoms with Crippen molar-refractivity contribution in [2.24, 2.45) is 0 Å². The van der Waals surface area contributed by atoms with E-state index in [0.29, 0.717) is 0 Å². The van der Waals surface area contributed by atoms with Gasteiger partial charge in [0.1, 0.15) is 5.75 Å². The Labute approximate surface area is 96.2 Å². The number of para-hydroxylation sites is 1. The first-order valence-corrected chi connectivity index (χ1v) is 6.27. The van der Waals surface area contributed by atoms with Crippen LogP contribution in [0.1, 0.15) is 43.2 Å². The van der Waals surface area contributed by atoms with Gasteiger partial charge in [0.25, 0.3) is 0 Å². The minimum absolute atomic E-state index is 0.622. The molecule has 0 amide bonds. The second-order valence-corrected chi connectivity index (χ2v) is 4.98.